The lowest BCUT2D eigenvalue weighted by Crippen LogP contribution is -2.12. The third-order valence-electron chi connectivity index (χ3n) is 3.80. The highest BCUT2D eigenvalue weighted by Crippen LogP contribution is 2.27. The van der Waals surface area contributed by atoms with Gasteiger partial charge in [-0.15, -0.1) is 0 Å². The highest BCUT2D eigenvalue weighted by atomic mass is 35.5. The molecule has 0 bridgehead atoms. The first-order chi connectivity index (χ1) is 11.4. The number of carbonyl (C=O) groups excluding carboxylic acids is 2. The highest BCUT2D eigenvalue weighted by Gasteiger charge is 2.18. The normalized spacial score (nSPS) is 10.8. The van der Waals surface area contributed by atoms with Crippen LogP contribution in [0.1, 0.15) is 27.6 Å². The number of nitrogens with one attached hydrogen (secondary N) is 1. The summed E-state index contributed by atoms with van der Waals surface area (Å²) in [7, 11) is 0. The monoisotopic (exact) mass is 360 g/mol. The van der Waals surface area contributed by atoms with Crippen molar-refractivity contribution in [1.29, 1.82) is 0 Å². The van der Waals surface area contributed by atoms with Crippen LogP contribution < -0.4 is 5.32 Å². The lowest BCUT2D eigenvalue weighted by Gasteiger charge is -2.08. The number of aryl methyl sites for hydroxylation is 1. The Kier molecular flexibility index (Phi) is 4.35. The molecule has 0 aliphatic carbocycles. The van der Waals surface area contributed by atoms with Gasteiger partial charge in [0.25, 0.3) is 5.91 Å². The summed E-state index contributed by atoms with van der Waals surface area (Å²) in [6.07, 6.45) is 1.53. The Morgan fingerprint density at radius 2 is 1.71 bits per heavy atom. The molecule has 1 aromatic heterocycles. The average Bonchev–Trinajstić information content (AvgIpc) is 2.89. The van der Waals surface area contributed by atoms with E-state index in [0.717, 1.165) is 5.56 Å². The van der Waals surface area contributed by atoms with Crippen molar-refractivity contribution < 1.29 is 9.59 Å². The maximum absolute atomic E-state index is 12.7. The lowest BCUT2D eigenvalue weighted by atomic mass is 10.1. The van der Waals surface area contributed by atoms with Crippen molar-refractivity contribution in [3.05, 3.63) is 63.8 Å². The summed E-state index contributed by atoms with van der Waals surface area (Å²) in [4.78, 5) is 24.5. The number of anilines is 1. The van der Waals surface area contributed by atoms with E-state index < -0.39 is 0 Å². The van der Waals surface area contributed by atoms with E-state index >= 15 is 0 Å². The van der Waals surface area contributed by atoms with Crippen LogP contribution in [0, 0.1) is 6.92 Å². The number of amides is 1. The van der Waals surface area contributed by atoms with E-state index in [1.165, 1.54) is 17.7 Å². The molecule has 122 valence electrons. The molecule has 0 radical (unpaired) electrons. The SMILES string of the molecule is CC(=O)n1cc(C(=O)Nc2cc(Cl)ccc2C)c2ccc(Cl)cc21. The van der Waals surface area contributed by atoms with Gasteiger partial charge in [0.05, 0.1) is 11.1 Å². The molecule has 1 N–H and O–H groups in total. The average molecular weight is 361 g/mol. The maximum Gasteiger partial charge on any atom is 0.257 e. The molecule has 1 amide bonds. The number of rotatable bonds is 2. The van der Waals surface area contributed by atoms with E-state index in [1.807, 2.05) is 13.0 Å². The van der Waals surface area contributed by atoms with Gasteiger partial charge in [0, 0.05) is 34.2 Å². The Labute approximate surface area is 149 Å². The van der Waals surface area contributed by atoms with E-state index in [9.17, 15) is 9.59 Å². The van der Waals surface area contributed by atoms with Crippen molar-refractivity contribution in [2.24, 2.45) is 0 Å². The third kappa shape index (κ3) is 3.03. The van der Waals surface area contributed by atoms with Crippen molar-refractivity contribution >= 4 is 51.6 Å². The number of benzene rings is 2. The number of aromatic nitrogens is 1. The fraction of sp³-hybridized carbons (Fsp3) is 0.111. The number of carbonyl (C=O) groups is 2. The first kappa shape index (κ1) is 16.6. The van der Waals surface area contributed by atoms with Crippen molar-refractivity contribution in [3.63, 3.8) is 0 Å². The van der Waals surface area contributed by atoms with Crippen LogP contribution in [-0.4, -0.2) is 16.4 Å². The van der Waals surface area contributed by atoms with Gasteiger partial charge in [-0.05, 0) is 36.8 Å². The van der Waals surface area contributed by atoms with Crippen LogP contribution in [0.15, 0.2) is 42.6 Å². The molecule has 0 aliphatic rings. The second-order valence-corrected chi connectivity index (χ2v) is 6.38. The fourth-order valence-corrected chi connectivity index (χ4v) is 2.90. The molecule has 0 saturated carbocycles. The predicted molar refractivity (Wildman–Crippen MR) is 97.4 cm³/mol. The molecule has 0 atom stereocenters. The largest absolute Gasteiger partial charge is 0.322 e. The van der Waals surface area contributed by atoms with E-state index in [-0.39, 0.29) is 11.8 Å². The minimum Gasteiger partial charge on any atom is -0.322 e. The smallest absolute Gasteiger partial charge is 0.257 e. The van der Waals surface area contributed by atoms with Gasteiger partial charge in [-0.25, -0.2) is 0 Å². The molecule has 2 aromatic carbocycles. The van der Waals surface area contributed by atoms with Gasteiger partial charge in [0.2, 0.25) is 5.91 Å². The highest BCUT2D eigenvalue weighted by molar-refractivity contribution is 6.32. The molecule has 4 nitrogen and oxygen atoms in total. The number of nitrogens with zero attached hydrogens (tertiary/aromatic N) is 1. The van der Waals surface area contributed by atoms with Crippen LogP contribution in [-0.2, 0) is 0 Å². The lowest BCUT2D eigenvalue weighted by molar-refractivity contribution is 0.0941. The van der Waals surface area contributed by atoms with Gasteiger partial charge in [0.15, 0.2) is 0 Å². The van der Waals surface area contributed by atoms with E-state index in [4.69, 9.17) is 23.2 Å². The second kappa shape index (κ2) is 6.30. The number of halogens is 2. The summed E-state index contributed by atoms with van der Waals surface area (Å²) in [6, 6.07) is 10.4. The van der Waals surface area contributed by atoms with Crippen LogP contribution in [0.3, 0.4) is 0 Å². The van der Waals surface area contributed by atoms with Gasteiger partial charge >= 0.3 is 0 Å². The Balaban J connectivity index is 2.07. The van der Waals surface area contributed by atoms with Crippen molar-refractivity contribution in [1.82, 2.24) is 4.57 Å². The summed E-state index contributed by atoms with van der Waals surface area (Å²) in [5, 5.41) is 4.54. The number of hydrogen-bond acceptors (Lipinski definition) is 2. The minimum absolute atomic E-state index is 0.194. The minimum atomic E-state index is -0.312. The van der Waals surface area contributed by atoms with Gasteiger partial charge in [-0.3, -0.25) is 14.2 Å². The van der Waals surface area contributed by atoms with Crippen molar-refractivity contribution in [2.45, 2.75) is 13.8 Å². The molecule has 0 fully saturated rings. The standard InChI is InChI=1S/C18H14Cl2N2O2/c1-10-3-4-12(19)7-16(10)21-18(24)15-9-22(11(2)23)17-8-13(20)5-6-14(15)17/h3-9H,1-2H3,(H,21,24). The van der Waals surface area contributed by atoms with E-state index in [1.54, 1.807) is 30.3 Å². The summed E-state index contributed by atoms with van der Waals surface area (Å²) < 4.78 is 1.42. The zero-order valence-corrected chi connectivity index (χ0v) is 14.6. The van der Waals surface area contributed by atoms with Crippen LogP contribution in [0.25, 0.3) is 10.9 Å². The molecule has 1 heterocycles. The Bertz CT molecular complexity index is 977. The first-order valence-electron chi connectivity index (χ1n) is 7.26. The molecular weight excluding hydrogens is 347 g/mol. The van der Waals surface area contributed by atoms with Gasteiger partial charge in [-0.1, -0.05) is 35.3 Å². The van der Waals surface area contributed by atoms with Gasteiger partial charge < -0.3 is 5.32 Å². The first-order valence-corrected chi connectivity index (χ1v) is 8.01. The van der Waals surface area contributed by atoms with E-state index in [2.05, 4.69) is 5.32 Å². The zero-order chi connectivity index (χ0) is 17.4. The molecule has 24 heavy (non-hydrogen) atoms. The third-order valence-corrected chi connectivity index (χ3v) is 4.27. The van der Waals surface area contributed by atoms with Crippen molar-refractivity contribution in [3.8, 4) is 0 Å². The van der Waals surface area contributed by atoms with Gasteiger partial charge in [-0.2, -0.15) is 0 Å². The fourth-order valence-electron chi connectivity index (χ4n) is 2.56. The summed E-state index contributed by atoms with van der Waals surface area (Å²) in [5.41, 5.74) is 2.52. The Morgan fingerprint density at radius 3 is 2.42 bits per heavy atom. The topological polar surface area (TPSA) is 51.1 Å². The molecular formula is C18H14Cl2N2O2. The summed E-state index contributed by atoms with van der Waals surface area (Å²) in [5.74, 6) is -0.507. The Morgan fingerprint density at radius 1 is 1.04 bits per heavy atom. The molecule has 3 rings (SSSR count). The molecule has 0 aliphatic heterocycles. The Hall–Kier alpha value is -2.30. The molecule has 0 unspecified atom stereocenters. The van der Waals surface area contributed by atoms with Crippen molar-refractivity contribution in [2.75, 3.05) is 5.32 Å². The summed E-state index contributed by atoms with van der Waals surface area (Å²) in [6.45, 7) is 3.31. The zero-order valence-electron chi connectivity index (χ0n) is 13.1. The molecule has 0 saturated heterocycles. The van der Waals surface area contributed by atoms with Gasteiger partial charge in [0.1, 0.15) is 0 Å². The van der Waals surface area contributed by atoms with E-state index in [0.29, 0.717) is 32.2 Å². The van der Waals surface area contributed by atoms with Crippen LogP contribution in [0.4, 0.5) is 5.69 Å². The van der Waals surface area contributed by atoms with Crippen LogP contribution in [0.5, 0.6) is 0 Å². The molecule has 3 aromatic rings. The second-order valence-electron chi connectivity index (χ2n) is 5.51. The van der Waals surface area contributed by atoms with Crippen LogP contribution >= 0.6 is 23.2 Å². The predicted octanol–water partition coefficient (Wildman–Crippen LogP) is 5.17. The van der Waals surface area contributed by atoms with Crippen LogP contribution in [0.2, 0.25) is 10.0 Å². The number of fused-ring (bicyclic) bond motifs is 1. The number of hydrogen-bond donors (Lipinski definition) is 1. The molecule has 0 spiro atoms. The molecule has 6 heteroatoms. The quantitative estimate of drug-likeness (QED) is 0.685. The maximum atomic E-state index is 12.7. The summed E-state index contributed by atoms with van der Waals surface area (Å²) >= 11 is 12.0.